The lowest BCUT2D eigenvalue weighted by Gasteiger charge is -2.29. The van der Waals surface area contributed by atoms with Gasteiger partial charge in [0, 0.05) is 17.1 Å². The Balaban J connectivity index is 1.18. The molecule has 0 N–H and O–H groups in total. The second-order valence-electron chi connectivity index (χ2n) is 15.5. The van der Waals surface area contributed by atoms with Crippen LogP contribution >= 0.6 is 0 Å². The summed E-state index contributed by atoms with van der Waals surface area (Å²) in [5.41, 5.74) is 18.3. The molecule has 0 atom stereocenters. The van der Waals surface area contributed by atoms with E-state index in [2.05, 4.69) is 182 Å². The Labute approximate surface area is 291 Å². The van der Waals surface area contributed by atoms with Gasteiger partial charge < -0.3 is 4.90 Å². The van der Waals surface area contributed by atoms with Crippen LogP contribution in [-0.2, 0) is 5.41 Å². The number of hydrogen-bond donors (Lipinski definition) is 0. The van der Waals surface area contributed by atoms with Gasteiger partial charge in [0.25, 0.3) is 0 Å². The molecular weight excluding hydrogens is 591 g/mol. The minimum absolute atomic E-state index is 0.154. The van der Waals surface area contributed by atoms with E-state index in [9.17, 15) is 0 Å². The normalized spacial score (nSPS) is 12.3. The van der Waals surface area contributed by atoms with Gasteiger partial charge in [-0.1, -0.05) is 89.2 Å². The zero-order valence-corrected chi connectivity index (χ0v) is 30.1. The van der Waals surface area contributed by atoms with Crippen LogP contribution in [0.1, 0.15) is 68.4 Å². The van der Waals surface area contributed by atoms with E-state index in [-0.39, 0.29) is 5.41 Å². The molecule has 0 bridgehead atoms. The molecule has 7 aromatic rings. The quantitative estimate of drug-likeness (QED) is 0.182. The first-order valence-electron chi connectivity index (χ1n) is 17.7. The summed E-state index contributed by atoms with van der Waals surface area (Å²) in [5, 5.41) is 5.11. The smallest absolute Gasteiger partial charge is 0.0468 e. The Morgan fingerprint density at radius 2 is 0.939 bits per heavy atom. The highest BCUT2D eigenvalue weighted by Gasteiger charge is 2.24. The first-order valence-corrected chi connectivity index (χ1v) is 17.7. The van der Waals surface area contributed by atoms with E-state index in [1.54, 1.807) is 0 Å². The van der Waals surface area contributed by atoms with Gasteiger partial charge in [0.1, 0.15) is 0 Å². The fourth-order valence-electron chi connectivity index (χ4n) is 7.49. The highest BCUT2D eigenvalue weighted by atomic mass is 15.1. The van der Waals surface area contributed by atoms with Crippen molar-refractivity contribution in [3.05, 3.63) is 149 Å². The first-order chi connectivity index (χ1) is 23.4. The minimum atomic E-state index is 0.154. The number of anilines is 3. The molecule has 0 aliphatic heterocycles. The largest absolute Gasteiger partial charge is 0.310 e. The van der Waals surface area contributed by atoms with Crippen LogP contribution in [0.15, 0.2) is 121 Å². The number of rotatable bonds is 5. The van der Waals surface area contributed by atoms with Crippen LogP contribution in [0, 0.1) is 20.8 Å². The van der Waals surface area contributed by atoms with Crippen molar-refractivity contribution in [2.75, 3.05) is 4.90 Å². The van der Waals surface area contributed by atoms with E-state index in [1.807, 2.05) is 0 Å². The van der Waals surface area contributed by atoms with Crippen LogP contribution in [0.4, 0.5) is 17.1 Å². The van der Waals surface area contributed by atoms with Gasteiger partial charge in [0.15, 0.2) is 0 Å². The third kappa shape index (κ3) is 5.42. The lowest BCUT2D eigenvalue weighted by molar-refractivity contribution is 0.590. The van der Waals surface area contributed by atoms with Gasteiger partial charge in [-0.2, -0.15) is 0 Å². The summed E-state index contributed by atoms with van der Waals surface area (Å²) in [5.74, 6) is 0.498. The van der Waals surface area contributed by atoms with Crippen LogP contribution < -0.4 is 4.90 Å². The maximum absolute atomic E-state index is 2.41. The lowest BCUT2D eigenvalue weighted by atomic mass is 9.77. The summed E-state index contributed by atoms with van der Waals surface area (Å²) in [7, 11) is 0. The first kappa shape index (κ1) is 31.1. The number of hydrogen-bond acceptors (Lipinski definition) is 1. The Morgan fingerprint density at radius 3 is 1.49 bits per heavy atom. The summed E-state index contributed by atoms with van der Waals surface area (Å²) < 4.78 is 0. The molecule has 0 radical (unpaired) electrons. The van der Waals surface area contributed by atoms with Gasteiger partial charge in [0.2, 0.25) is 0 Å². The van der Waals surface area contributed by atoms with E-state index in [0.29, 0.717) is 5.92 Å². The highest BCUT2D eigenvalue weighted by Crippen LogP contribution is 2.51. The number of aryl methyl sites for hydroxylation is 2. The summed E-state index contributed by atoms with van der Waals surface area (Å²) in [6, 6.07) is 46.3. The molecule has 1 heteroatoms. The van der Waals surface area contributed by atoms with E-state index in [1.165, 1.54) is 99.8 Å². The summed E-state index contributed by atoms with van der Waals surface area (Å²) in [4.78, 5) is 2.41. The molecule has 1 aliphatic carbocycles. The number of fused-ring (bicyclic) bond motifs is 6. The van der Waals surface area contributed by atoms with Crippen molar-refractivity contribution in [2.45, 2.75) is 66.7 Å². The van der Waals surface area contributed by atoms with E-state index in [4.69, 9.17) is 0 Å². The molecule has 242 valence electrons. The Kier molecular flexibility index (Phi) is 7.30. The van der Waals surface area contributed by atoms with Crippen molar-refractivity contribution in [1.29, 1.82) is 0 Å². The molecule has 1 aliphatic rings. The second kappa shape index (κ2) is 11.5. The van der Waals surface area contributed by atoms with Crippen LogP contribution in [-0.4, -0.2) is 0 Å². The molecule has 49 heavy (non-hydrogen) atoms. The van der Waals surface area contributed by atoms with Gasteiger partial charge in [-0.3, -0.25) is 0 Å². The molecule has 1 nitrogen and oxygen atoms in total. The fraction of sp³-hybridized carbons (Fsp3) is 0.208. The Bertz CT molecular complexity index is 2380. The maximum Gasteiger partial charge on any atom is 0.0468 e. The van der Waals surface area contributed by atoms with Crippen LogP contribution in [0.25, 0.3) is 54.9 Å². The Morgan fingerprint density at radius 1 is 0.449 bits per heavy atom. The van der Waals surface area contributed by atoms with Crippen LogP contribution in [0.5, 0.6) is 0 Å². The standard InChI is InChI=1S/C48H45N/c1-29(2)33-13-18-41(19-14-33)49(43-21-30(3)32(5)31(4)22-43)42-20-15-37-26-45-46-27-38-23-35(34-11-16-40(17-12-34)48(6,7)8)9-10-36(38)25-44(46)47(45)28-39(37)24-42/h9-29H,1-8H3. The van der Waals surface area contributed by atoms with Gasteiger partial charge in [-0.15, -0.1) is 0 Å². The molecule has 0 saturated carbocycles. The van der Waals surface area contributed by atoms with Gasteiger partial charge in [-0.05, 0) is 182 Å². The maximum atomic E-state index is 2.41. The van der Waals surface area contributed by atoms with Gasteiger partial charge >= 0.3 is 0 Å². The van der Waals surface area contributed by atoms with E-state index >= 15 is 0 Å². The topological polar surface area (TPSA) is 3.24 Å². The second-order valence-corrected chi connectivity index (χ2v) is 15.5. The summed E-state index contributed by atoms with van der Waals surface area (Å²) in [6.45, 7) is 18.0. The molecule has 0 spiro atoms. The summed E-state index contributed by atoms with van der Waals surface area (Å²) >= 11 is 0. The molecule has 0 heterocycles. The van der Waals surface area contributed by atoms with Gasteiger partial charge in [0.05, 0.1) is 0 Å². The molecule has 0 aromatic heterocycles. The predicted octanol–water partition coefficient (Wildman–Crippen LogP) is 14.1. The average Bonchev–Trinajstić information content (AvgIpc) is 3.09. The van der Waals surface area contributed by atoms with Crippen molar-refractivity contribution >= 4 is 38.6 Å². The van der Waals surface area contributed by atoms with Crippen molar-refractivity contribution in [3.63, 3.8) is 0 Å². The SMILES string of the molecule is Cc1cc(N(c2ccc(C(C)C)cc2)c2ccc3cc4c(cc3c2)-c2cc3ccc(-c5ccc(C(C)(C)C)cc5)cc3cc2-4)cc(C)c1C. The molecule has 8 rings (SSSR count). The Hall–Kier alpha value is -5.14. The van der Waals surface area contributed by atoms with E-state index < -0.39 is 0 Å². The number of nitrogens with zero attached hydrogens (tertiary/aromatic N) is 1. The average molecular weight is 636 g/mol. The zero-order valence-electron chi connectivity index (χ0n) is 30.1. The molecule has 0 amide bonds. The molecule has 0 fully saturated rings. The van der Waals surface area contributed by atoms with Gasteiger partial charge in [-0.25, -0.2) is 0 Å². The predicted molar refractivity (Wildman–Crippen MR) is 213 cm³/mol. The van der Waals surface area contributed by atoms with Crippen molar-refractivity contribution < 1.29 is 0 Å². The number of benzene rings is 7. The minimum Gasteiger partial charge on any atom is -0.310 e. The fourth-order valence-corrected chi connectivity index (χ4v) is 7.49. The van der Waals surface area contributed by atoms with Crippen molar-refractivity contribution in [2.24, 2.45) is 0 Å². The van der Waals surface area contributed by atoms with Crippen molar-refractivity contribution in [3.8, 4) is 33.4 Å². The third-order valence-electron chi connectivity index (χ3n) is 10.8. The zero-order chi connectivity index (χ0) is 34.2. The monoisotopic (exact) mass is 635 g/mol. The van der Waals surface area contributed by atoms with Crippen LogP contribution in [0.3, 0.4) is 0 Å². The van der Waals surface area contributed by atoms with Crippen LogP contribution in [0.2, 0.25) is 0 Å². The molecule has 0 saturated heterocycles. The summed E-state index contributed by atoms with van der Waals surface area (Å²) in [6.07, 6.45) is 0. The van der Waals surface area contributed by atoms with Crippen molar-refractivity contribution in [1.82, 2.24) is 0 Å². The molecule has 7 aromatic carbocycles. The molecular formula is C48H45N. The van der Waals surface area contributed by atoms with E-state index in [0.717, 1.165) is 0 Å². The molecule has 0 unspecified atom stereocenters. The third-order valence-corrected chi connectivity index (χ3v) is 10.8. The highest BCUT2D eigenvalue weighted by molar-refractivity contribution is 6.12. The lowest BCUT2D eigenvalue weighted by Crippen LogP contribution is -2.11.